The fourth-order valence-electron chi connectivity index (χ4n) is 2.01. The van der Waals surface area contributed by atoms with Crippen molar-refractivity contribution in [1.82, 2.24) is 15.1 Å². The minimum absolute atomic E-state index is 0.199. The molecule has 0 aliphatic rings. The zero-order chi connectivity index (χ0) is 15.4. The van der Waals surface area contributed by atoms with E-state index in [-0.39, 0.29) is 13.2 Å². The summed E-state index contributed by atoms with van der Waals surface area (Å²) in [5.74, 6) is 0. The van der Waals surface area contributed by atoms with Crippen LogP contribution in [-0.4, -0.2) is 118 Å². The lowest BCUT2D eigenvalue weighted by Crippen LogP contribution is -2.49. The zero-order valence-electron chi connectivity index (χ0n) is 13.8. The van der Waals surface area contributed by atoms with Crippen LogP contribution in [-0.2, 0) is 0 Å². The van der Waals surface area contributed by atoms with E-state index in [2.05, 4.69) is 29.2 Å². The van der Waals surface area contributed by atoms with Crippen molar-refractivity contribution in [2.45, 2.75) is 0 Å². The van der Waals surface area contributed by atoms with Crippen LogP contribution in [0, 0.1) is 0 Å². The Morgan fingerprint density at radius 3 is 2.10 bits per heavy atom. The quantitative estimate of drug-likeness (QED) is 0.361. The first kappa shape index (κ1) is 19.8. The molecule has 0 heterocycles. The van der Waals surface area contributed by atoms with Crippen molar-refractivity contribution < 1.29 is 14.7 Å². The Morgan fingerprint density at radius 2 is 1.55 bits per heavy atom. The molecule has 0 rings (SSSR count). The molecule has 0 aromatic rings. The van der Waals surface area contributed by atoms with Crippen LogP contribution in [0.2, 0.25) is 0 Å². The molecule has 122 valence electrons. The Hall–Kier alpha value is -0.240. The van der Waals surface area contributed by atoms with Crippen LogP contribution < -0.4 is 5.32 Å². The van der Waals surface area contributed by atoms with Crippen LogP contribution in [0.1, 0.15) is 0 Å². The molecule has 0 amide bonds. The maximum Gasteiger partial charge on any atom is 0.0912 e. The van der Waals surface area contributed by atoms with Gasteiger partial charge in [-0.3, -0.25) is 4.90 Å². The predicted molar refractivity (Wildman–Crippen MR) is 83.9 cm³/mol. The van der Waals surface area contributed by atoms with Gasteiger partial charge in [-0.2, -0.15) is 0 Å². The van der Waals surface area contributed by atoms with Crippen LogP contribution in [0.25, 0.3) is 0 Å². The first-order valence-electron chi connectivity index (χ1n) is 7.54. The second kappa shape index (κ2) is 11.4. The average molecular weight is 291 g/mol. The summed E-state index contributed by atoms with van der Waals surface area (Å²) >= 11 is 0. The van der Waals surface area contributed by atoms with E-state index in [0.717, 1.165) is 50.3 Å². The Balaban J connectivity index is 4.06. The topological polar surface area (TPSA) is 59.0 Å². The molecule has 0 aliphatic carbocycles. The zero-order valence-corrected chi connectivity index (χ0v) is 13.8. The fourth-order valence-corrected chi connectivity index (χ4v) is 2.01. The van der Waals surface area contributed by atoms with Crippen LogP contribution in [0.15, 0.2) is 0 Å². The third kappa shape index (κ3) is 10.5. The van der Waals surface area contributed by atoms with Gasteiger partial charge in [0.25, 0.3) is 0 Å². The van der Waals surface area contributed by atoms with E-state index in [4.69, 9.17) is 10.2 Å². The van der Waals surface area contributed by atoms with Gasteiger partial charge in [-0.15, -0.1) is 0 Å². The van der Waals surface area contributed by atoms with Crippen molar-refractivity contribution in [3.05, 3.63) is 0 Å². The minimum Gasteiger partial charge on any atom is -0.395 e. The molecule has 0 radical (unpaired) electrons. The van der Waals surface area contributed by atoms with Gasteiger partial charge in [-0.25, -0.2) is 0 Å². The second-order valence-corrected chi connectivity index (χ2v) is 6.08. The van der Waals surface area contributed by atoms with Crippen LogP contribution in [0.5, 0.6) is 0 Å². The summed E-state index contributed by atoms with van der Waals surface area (Å²) in [5.41, 5.74) is 0. The third-order valence-electron chi connectivity index (χ3n) is 3.68. The van der Waals surface area contributed by atoms with E-state index in [1.165, 1.54) is 0 Å². The lowest BCUT2D eigenvalue weighted by atomic mass is 10.3. The molecule has 0 saturated carbocycles. The highest BCUT2D eigenvalue weighted by atomic mass is 16.3. The van der Waals surface area contributed by atoms with Crippen molar-refractivity contribution in [2.75, 3.05) is 93.8 Å². The van der Waals surface area contributed by atoms with Gasteiger partial charge in [-0.05, 0) is 14.1 Å². The van der Waals surface area contributed by atoms with E-state index in [9.17, 15) is 0 Å². The molecule has 0 aliphatic heterocycles. The monoisotopic (exact) mass is 291 g/mol. The number of nitrogens with one attached hydrogen (secondary N) is 1. The number of quaternary nitrogens is 1. The number of hydrogen-bond acceptors (Lipinski definition) is 5. The molecule has 6 nitrogen and oxygen atoms in total. The molecule has 0 aromatic heterocycles. The summed E-state index contributed by atoms with van der Waals surface area (Å²) < 4.78 is 0.981. The molecule has 0 aromatic carbocycles. The highest BCUT2D eigenvalue weighted by Gasteiger charge is 2.16. The highest BCUT2D eigenvalue weighted by Crippen LogP contribution is 1.98. The largest absolute Gasteiger partial charge is 0.395 e. The fraction of sp³-hybridized carbons (Fsp3) is 1.00. The molecule has 0 fully saturated rings. The summed E-state index contributed by atoms with van der Waals surface area (Å²) in [6.45, 7) is 7.87. The maximum atomic E-state index is 9.17. The second-order valence-electron chi connectivity index (χ2n) is 6.08. The van der Waals surface area contributed by atoms with Crippen molar-refractivity contribution in [3.8, 4) is 0 Å². The van der Waals surface area contributed by atoms with E-state index in [1.54, 1.807) is 0 Å². The standard InChI is InChI=1S/C14H35N4O2/c1-15-5-11-18(3,4)12-8-17(10-14-20)7-6-16(2)9-13-19/h15,19-20H,5-14H2,1-4H3/q+1. The first-order valence-corrected chi connectivity index (χ1v) is 7.54. The Morgan fingerprint density at radius 1 is 0.900 bits per heavy atom. The van der Waals surface area contributed by atoms with E-state index < -0.39 is 0 Å². The van der Waals surface area contributed by atoms with E-state index >= 15 is 0 Å². The summed E-state index contributed by atoms with van der Waals surface area (Å²) in [6.07, 6.45) is 0. The predicted octanol–water partition coefficient (Wildman–Crippen LogP) is -1.50. The van der Waals surface area contributed by atoms with Crippen molar-refractivity contribution >= 4 is 0 Å². The van der Waals surface area contributed by atoms with Crippen LogP contribution in [0.3, 0.4) is 0 Å². The number of nitrogens with zero attached hydrogens (tertiary/aromatic N) is 3. The van der Waals surface area contributed by atoms with E-state index in [0.29, 0.717) is 6.54 Å². The lowest BCUT2D eigenvalue weighted by molar-refractivity contribution is -0.888. The number of rotatable bonds is 13. The van der Waals surface area contributed by atoms with Crippen molar-refractivity contribution in [3.63, 3.8) is 0 Å². The molecule has 6 heteroatoms. The van der Waals surface area contributed by atoms with Gasteiger partial charge in [-0.1, -0.05) is 0 Å². The molecular weight excluding hydrogens is 256 g/mol. The minimum atomic E-state index is 0.199. The molecule has 0 saturated heterocycles. The Bertz CT molecular complexity index is 227. The van der Waals surface area contributed by atoms with Crippen LogP contribution in [0.4, 0.5) is 0 Å². The molecule has 0 atom stereocenters. The lowest BCUT2D eigenvalue weighted by Gasteiger charge is -2.33. The molecule has 3 N–H and O–H groups in total. The first-order chi connectivity index (χ1) is 9.45. The number of likely N-dealkylation sites (N-methyl/N-ethyl adjacent to an activating group) is 3. The summed E-state index contributed by atoms with van der Waals surface area (Å²) in [4.78, 5) is 4.42. The normalized spacial score (nSPS) is 12.6. The van der Waals surface area contributed by atoms with Crippen molar-refractivity contribution in [2.24, 2.45) is 0 Å². The van der Waals surface area contributed by atoms with Gasteiger partial charge in [0.2, 0.25) is 0 Å². The summed E-state index contributed by atoms with van der Waals surface area (Å²) in [7, 11) is 8.48. The van der Waals surface area contributed by atoms with Gasteiger partial charge in [0.15, 0.2) is 0 Å². The average Bonchev–Trinajstić information content (AvgIpc) is 2.40. The molecule has 0 spiro atoms. The smallest absolute Gasteiger partial charge is 0.0912 e. The molecule has 0 unspecified atom stereocenters. The molecule has 20 heavy (non-hydrogen) atoms. The van der Waals surface area contributed by atoms with Gasteiger partial charge in [0.1, 0.15) is 0 Å². The number of aliphatic hydroxyl groups is 2. The van der Waals surface area contributed by atoms with Gasteiger partial charge < -0.3 is 24.9 Å². The Labute approximate surface area is 124 Å². The molecular formula is C14H35N4O2+. The number of aliphatic hydroxyl groups excluding tert-OH is 2. The van der Waals surface area contributed by atoms with Crippen molar-refractivity contribution in [1.29, 1.82) is 0 Å². The SMILES string of the molecule is CNCC[N+](C)(C)CCN(CCO)CCN(C)CCO. The highest BCUT2D eigenvalue weighted by molar-refractivity contribution is 4.61. The Kier molecular flexibility index (Phi) is 11.3. The maximum absolute atomic E-state index is 9.17. The number of hydrogen-bond donors (Lipinski definition) is 3. The van der Waals surface area contributed by atoms with E-state index in [1.807, 2.05) is 14.1 Å². The molecule has 0 bridgehead atoms. The summed E-state index contributed by atoms with van der Waals surface area (Å²) in [6, 6.07) is 0. The van der Waals surface area contributed by atoms with Gasteiger partial charge in [0.05, 0.1) is 40.4 Å². The van der Waals surface area contributed by atoms with Crippen LogP contribution >= 0.6 is 0 Å². The summed E-state index contributed by atoms with van der Waals surface area (Å²) in [5, 5.41) is 21.3. The van der Waals surface area contributed by atoms with Gasteiger partial charge >= 0.3 is 0 Å². The third-order valence-corrected chi connectivity index (χ3v) is 3.68. The van der Waals surface area contributed by atoms with Gasteiger partial charge in [0, 0.05) is 39.3 Å².